The van der Waals surface area contributed by atoms with E-state index in [4.69, 9.17) is 9.84 Å². The summed E-state index contributed by atoms with van der Waals surface area (Å²) in [7, 11) is 0. The molecule has 0 bridgehead atoms. The molecule has 0 aromatic heterocycles. The smallest absolute Gasteiger partial charge is 0.335 e. The van der Waals surface area contributed by atoms with Crippen molar-refractivity contribution in [1.82, 2.24) is 0 Å². The molecular formula is C14H16N2O3. The number of rotatable bonds is 2. The van der Waals surface area contributed by atoms with Gasteiger partial charge in [0.05, 0.1) is 22.9 Å². The number of aromatic carboxylic acids is 1. The maximum absolute atomic E-state index is 10.9. The van der Waals surface area contributed by atoms with Gasteiger partial charge >= 0.3 is 5.97 Å². The molecule has 0 spiro atoms. The van der Waals surface area contributed by atoms with Crippen molar-refractivity contribution >= 4 is 11.7 Å². The number of ether oxygens (including phenoxy) is 1. The molecule has 1 N–H and O–H groups in total. The molecule has 0 radical (unpaired) electrons. The Labute approximate surface area is 112 Å². The van der Waals surface area contributed by atoms with E-state index in [2.05, 4.69) is 11.0 Å². The zero-order valence-electron chi connectivity index (χ0n) is 10.8. The van der Waals surface area contributed by atoms with Gasteiger partial charge in [-0.1, -0.05) is 0 Å². The van der Waals surface area contributed by atoms with Crippen LogP contribution in [-0.2, 0) is 4.74 Å². The van der Waals surface area contributed by atoms with Gasteiger partial charge in [-0.25, -0.2) is 4.79 Å². The Balaban J connectivity index is 2.33. The molecule has 1 unspecified atom stereocenters. The van der Waals surface area contributed by atoms with Crippen molar-refractivity contribution in [2.24, 2.45) is 0 Å². The number of benzene rings is 1. The van der Waals surface area contributed by atoms with E-state index in [9.17, 15) is 10.1 Å². The second kappa shape index (κ2) is 5.72. The van der Waals surface area contributed by atoms with Crippen molar-refractivity contribution in [1.29, 1.82) is 5.26 Å². The van der Waals surface area contributed by atoms with Crippen LogP contribution in [0.15, 0.2) is 18.2 Å². The van der Waals surface area contributed by atoms with Gasteiger partial charge in [-0.2, -0.15) is 5.26 Å². The molecule has 0 saturated carbocycles. The Bertz CT molecular complexity index is 522. The van der Waals surface area contributed by atoms with Gasteiger partial charge in [0.1, 0.15) is 6.07 Å². The van der Waals surface area contributed by atoms with Crippen molar-refractivity contribution in [3.8, 4) is 6.07 Å². The Morgan fingerprint density at radius 2 is 2.37 bits per heavy atom. The molecule has 100 valence electrons. The summed E-state index contributed by atoms with van der Waals surface area (Å²) >= 11 is 0. The number of hydrogen-bond donors (Lipinski definition) is 1. The van der Waals surface area contributed by atoms with Gasteiger partial charge < -0.3 is 14.7 Å². The summed E-state index contributed by atoms with van der Waals surface area (Å²) in [6, 6.07) is 6.75. The van der Waals surface area contributed by atoms with Crippen molar-refractivity contribution in [2.75, 3.05) is 24.6 Å². The molecule has 1 heterocycles. The lowest BCUT2D eigenvalue weighted by atomic mass is 10.1. The largest absolute Gasteiger partial charge is 0.478 e. The second-order valence-electron chi connectivity index (χ2n) is 4.63. The van der Waals surface area contributed by atoms with Gasteiger partial charge in [0.2, 0.25) is 0 Å². The number of carboxylic acid groups (broad SMARTS) is 1. The molecule has 0 aliphatic carbocycles. The first-order chi connectivity index (χ1) is 9.11. The number of carboxylic acids is 1. The molecule has 1 aromatic rings. The van der Waals surface area contributed by atoms with Crippen LogP contribution in [0.2, 0.25) is 0 Å². The lowest BCUT2D eigenvalue weighted by Gasteiger charge is -2.25. The average Bonchev–Trinajstić information content (AvgIpc) is 2.62. The van der Waals surface area contributed by atoms with Crippen LogP contribution >= 0.6 is 0 Å². The standard InChI is InChI=1S/C14H16N2O3/c1-10-9-16(5-2-6-19-10)13-4-3-11(14(17)18)7-12(13)8-15/h3-4,7,10H,2,5-6,9H2,1H3,(H,17,18). The highest BCUT2D eigenvalue weighted by molar-refractivity contribution is 5.89. The molecular weight excluding hydrogens is 244 g/mol. The fraction of sp³-hybridized carbons (Fsp3) is 0.429. The summed E-state index contributed by atoms with van der Waals surface area (Å²) < 4.78 is 5.57. The van der Waals surface area contributed by atoms with Gasteiger partial charge in [-0.15, -0.1) is 0 Å². The van der Waals surface area contributed by atoms with Gasteiger partial charge in [0, 0.05) is 19.7 Å². The van der Waals surface area contributed by atoms with E-state index < -0.39 is 5.97 Å². The molecule has 5 heteroatoms. The zero-order valence-corrected chi connectivity index (χ0v) is 10.8. The number of hydrogen-bond acceptors (Lipinski definition) is 4. The normalized spacial score (nSPS) is 19.6. The number of carbonyl (C=O) groups is 1. The predicted molar refractivity (Wildman–Crippen MR) is 70.4 cm³/mol. The van der Waals surface area contributed by atoms with Crippen LogP contribution in [0.4, 0.5) is 5.69 Å². The summed E-state index contributed by atoms with van der Waals surface area (Å²) in [5.41, 5.74) is 1.32. The number of nitriles is 1. The highest BCUT2D eigenvalue weighted by atomic mass is 16.5. The first kappa shape index (κ1) is 13.4. The Morgan fingerprint density at radius 1 is 1.58 bits per heavy atom. The minimum absolute atomic E-state index is 0.105. The minimum atomic E-state index is -1.02. The maximum atomic E-state index is 10.9. The highest BCUT2D eigenvalue weighted by Gasteiger charge is 2.18. The molecule has 0 amide bonds. The Morgan fingerprint density at radius 3 is 3.05 bits per heavy atom. The molecule has 2 rings (SSSR count). The fourth-order valence-corrected chi connectivity index (χ4v) is 2.25. The molecule has 1 aliphatic heterocycles. The minimum Gasteiger partial charge on any atom is -0.478 e. The van der Waals surface area contributed by atoms with E-state index in [-0.39, 0.29) is 11.7 Å². The predicted octanol–water partition coefficient (Wildman–Crippen LogP) is 1.87. The van der Waals surface area contributed by atoms with Crippen molar-refractivity contribution in [2.45, 2.75) is 19.4 Å². The van der Waals surface area contributed by atoms with E-state index in [1.54, 1.807) is 6.07 Å². The molecule has 19 heavy (non-hydrogen) atoms. The number of nitrogens with zero attached hydrogens (tertiary/aromatic N) is 2. The first-order valence-corrected chi connectivity index (χ1v) is 6.26. The van der Waals surface area contributed by atoms with Crippen molar-refractivity contribution in [3.63, 3.8) is 0 Å². The number of anilines is 1. The van der Waals surface area contributed by atoms with Gasteiger partial charge in [0.15, 0.2) is 0 Å². The lowest BCUT2D eigenvalue weighted by Crippen LogP contribution is -2.30. The fourth-order valence-electron chi connectivity index (χ4n) is 2.25. The third-order valence-electron chi connectivity index (χ3n) is 3.16. The quantitative estimate of drug-likeness (QED) is 0.878. The molecule has 5 nitrogen and oxygen atoms in total. The third-order valence-corrected chi connectivity index (χ3v) is 3.16. The second-order valence-corrected chi connectivity index (χ2v) is 4.63. The molecule has 1 atom stereocenters. The molecule has 1 fully saturated rings. The molecule has 1 saturated heterocycles. The van der Waals surface area contributed by atoms with E-state index in [1.165, 1.54) is 12.1 Å². The van der Waals surface area contributed by atoms with Crippen LogP contribution in [0.3, 0.4) is 0 Å². The van der Waals surface area contributed by atoms with E-state index in [0.29, 0.717) is 18.7 Å². The summed E-state index contributed by atoms with van der Waals surface area (Å²) in [4.78, 5) is 13.0. The highest BCUT2D eigenvalue weighted by Crippen LogP contribution is 2.23. The Kier molecular flexibility index (Phi) is 4.03. The van der Waals surface area contributed by atoms with E-state index in [1.807, 2.05) is 6.92 Å². The monoisotopic (exact) mass is 260 g/mol. The van der Waals surface area contributed by atoms with Crippen LogP contribution in [0, 0.1) is 11.3 Å². The van der Waals surface area contributed by atoms with E-state index >= 15 is 0 Å². The molecule has 1 aliphatic rings. The molecule has 1 aromatic carbocycles. The summed E-state index contributed by atoms with van der Waals surface area (Å²) in [5, 5.41) is 18.1. The van der Waals surface area contributed by atoms with Crippen LogP contribution < -0.4 is 4.90 Å². The first-order valence-electron chi connectivity index (χ1n) is 6.26. The summed E-state index contributed by atoms with van der Waals surface area (Å²) in [5.74, 6) is -1.02. The van der Waals surface area contributed by atoms with Crippen LogP contribution in [0.1, 0.15) is 29.3 Å². The maximum Gasteiger partial charge on any atom is 0.335 e. The van der Waals surface area contributed by atoms with Gasteiger partial charge in [0.25, 0.3) is 0 Å². The van der Waals surface area contributed by atoms with Crippen LogP contribution in [0.5, 0.6) is 0 Å². The Hall–Kier alpha value is -2.06. The van der Waals surface area contributed by atoms with Crippen molar-refractivity contribution < 1.29 is 14.6 Å². The SMILES string of the molecule is CC1CN(c2ccc(C(=O)O)cc2C#N)CCCO1. The van der Waals surface area contributed by atoms with Crippen molar-refractivity contribution in [3.05, 3.63) is 29.3 Å². The lowest BCUT2D eigenvalue weighted by molar-refractivity contribution is 0.0696. The van der Waals surface area contributed by atoms with Crippen LogP contribution in [0.25, 0.3) is 0 Å². The van der Waals surface area contributed by atoms with E-state index in [0.717, 1.165) is 18.7 Å². The van der Waals surface area contributed by atoms with Gasteiger partial charge in [-0.05, 0) is 31.5 Å². The van der Waals surface area contributed by atoms with Crippen LogP contribution in [-0.4, -0.2) is 36.9 Å². The zero-order chi connectivity index (χ0) is 13.8. The third kappa shape index (κ3) is 3.04. The summed E-state index contributed by atoms with van der Waals surface area (Å²) in [6.45, 7) is 4.23. The average molecular weight is 260 g/mol. The topological polar surface area (TPSA) is 73.6 Å². The van der Waals surface area contributed by atoms with Gasteiger partial charge in [-0.3, -0.25) is 0 Å². The summed E-state index contributed by atoms with van der Waals surface area (Å²) in [6.07, 6.45) is 1.00.